The van der Waals surface area contributed by atoms with E-state index in [1.165, 1.54) is 7.11 Å². The van der Waals surface area contributed by atoms with Crippen LogP contribution in [0.1, 0.15) is 13.3 Å². The lowest BCUT2D eigenvalue weighted by Gasteiger charge is -2.01. The largest absolute Gasteiger partial charge is 0.469 e. The first-order valence-electron chi connectivity index (χ1n) is 2.76. The zero-order chi connectivity index (χ0) is 7.98. The highest BCUT2D eigenvalue weighted by molar-refractivity contribution is 7.98. The third-order valence-electron chi connectivity index (χ3n) is 0.905. The standard InChI is InChI=1S/C5H9NO3S/c1-4(10-6-8)3-5(7)9-2/h4H,3H2,1-2H3. The third-order valence-corrected chi connectivity index (χ3v) is 1.52. The zero-order valence-corrected chi connectivity index (χ0v) is 6.68. The molecule has 5 heteroatoms. The number of ether oxygens (including phenoxy) is 1. The maximum atomic E-state index is 10.5. The highest BCUT2D eigenvalue weighted by atomic mass is 32.2. The molecule has 1 atom stereocenters. The van der Waals surface area contributed by atoms with Gasteiger partial charge in [-0.25, -0.2) is 0 Å². The fraction of sp³-hybridized carbons (Fsp3) is 0.800. The lowest BCUT2D eigenvalue weighted by atomic mass is 10.3. The second kappa shape index (κ2) is 5.22. The summed E-state index contributed by atoms with van der Waals surface area (Å²) in [6.45, 7) is 1.74. The van der Waals surface area contributed by atoms with Crippen molar-refractivity contribution < 1.29 is 9.53 Å². The van der Waals surface area contributed by atoms with Crippen LogP contribution in [0.15, 0.2) is 4.58 Å². The molecule has 10 heavy (non-hydrogen) atoms. The molecule has 0 N–H and O–H groups in total. The first-order valence-corrected chi connectivity index (χ1v) is 3.59. The molecule has 0 amide bonds. The molecule has 58 valence electrons. The molecule has 0 saturated carbocycles. The summed E-state index contributed by atoms with van der Waals surface area (Å²) in [6.07, 6.45) is 0.229. The van der Waals surface area contributed by atoms with Crippen molar-refractivity contribution in [3.8, 4) is 0 Å². The van der Waals surface area contributed by atoms with Gasteiger partial charge in [-0.2, -0.15) is 0 Å². The van der Waals surface area contributed by atoms with Gasteiger partial charge in [0.25, 0.3) is 0 Å². The molecule has 0 rings (SSSR count). The Morgan fingerprint density at radius 1 is 1.80 bits per heavy atom. The number of carbonyl (C=O) groups excluding carboxylic acids is 1. The summed E-state index contributed by atoms with van der Waals surface area (Å²) < 4.78 is 6.95. The first-order chi connectivity index (χ1) is 4.70. The maximum Gasteiger partial charge on any atom is 0.306 e. The van der Waals surface area contributed by atoms with Crippen molar-refractivity contribution in [3.63, 3.8) is 0 Å². The summed E-state index contributed by atoms with van der Waals surface area (Å²) in [5.74, 6) is -0.316. The van der Waals surface area contributed by atoms with E-state index in [4.69, 9.17) is 0 Å². The lowest BCUT2D eigenvalue weighted by Crippen LogP contribution is -2.07. The fourth-order valence-electron chi connectivity index (χ4n) is 0.429. The van der Waals surface area contributed by atoms with E-state index in [-0.39, 0.29) is 17.6 Å². The number of rotatable bonds is 4. The average molecular weight is 163 g/mol. The Morgan fingerprint density at radius 3 is 2.80 bits per heavy atom. The van der Waals surface area contributed by atoms with Crippen molar-refractivity contribution in [1.29, 1.82) is 0 Å². The number of hydrogen-bond acceptors (Lipinski definition) is 5. The van der Waals surface area contributed by atoms with Crippen LogP contribution in [0.2, 0.25) is 0 Å². The Morgan fingerprint density at radius 2 is 2.40 bits per heavy atom. The number of esters is 1. The molecule has 0 aromatic rings. The van der Waals surface area contributed by atoms with Crippen LogP contribution in [0.5, 0.6) is 0 Å². The normalized spacial score (nSPS) is 12.2. The summed E-state index contributed by atoms with van der Waals surface area (Å²) in [4.78, 5) is 20.2. The Balaban J connectivity index is 3.46. The summed E-state index contributed by atoms with van der Waals surface area (Å²) in [6, 6.07) is 0. The van der Waals surface area contributed by atoms with Gasteiger partial charge >= 0.3 is 5.97 Å². The van der Waals surface area contributed by atoms with Gasteiger partial charge in [-0.3, -0.25) is 4.79 Å². The maximum absolute atomic E-state index is 10.5. The van der Waals surface area contributed by atoms with Gasteiger partial charge in [-0.1, -0.05) is 6.92 Å². The molecule has 4 nitrogen and oxygen atoms in total. The molecule has 1 unspecified atom stereocenters. The number of nitroso groups, excluding NO2 is 1. The minimum Gasteiger partial charge on any atom is -0.469 e. The van der Waals surface area contributed by atoms with E-state index in [1.54, 1.807) is 6.92 Å². The van der Waals surface area contributed by atoms with Crippen molar-refractivity contribution in [2.45, 2.75) is 18.6 Å². The third kappa shape index (κ3) is 4.31. The zero-order valence-electron chi connectivity index (χ0n) is 5.86. The molecule has 0 saturated heterocycles. The molecule has 0 aromatic carbocycles. The SMILES string of the molecule is COC(=O)CC(C)SN=O. The van der Waals surface area contributed by atoms with Crippen LogP contribution in [0, 0.1) is 4.91 Å². The van der Waals surface area contributed by atoms with Crippen molar-refractivity contribution in [2.24, 2.45) is 4.58 Å². The van der Waals surface area contributed by atoms with E-state index >= 15 is 0 Å². The first kappa shape index (κ1) is 9.42. The Bertz CT molecular complexity index is 128. The molecule has 0 aliphatic heterocycles. The highest BCUT2D eigenvalue weighted by Gasteiger charge is 2.09. The predicted molar refractivity (Wildman–Crippen MR) is 39.5 cm³/mol. The molecule has 0 heterocycles. The van der Waals surface area contributed by atoms with Gasteiger partial charge in [0, 0.05) is 21.8 Å². The molecule has 0 bridgehead atoms. The molecule has 0 aliphatic carbocycles. The summed E-state index contributed by atoms with van der Waals surface area (Å²) in [7, 11) is 1.31. The van der Waals surface area contributed by atoms with Crippen molar-refractivity contribution in [1.82, 2.24) is 0 Å². The molecular weight excluding hydrogens is 154 g/mol. The van der Waals surface area contributed by atoms with E-state index in [1.807, 2.05) is 0 Å². The van der Waals surface area contributed by atoms with Crippen LogP contribution in [0.25, 0.3) is 0 Å². The number of hydrogen-bond donors (Lipinski definition) is 0. The summed E-state index contributed by atoms with van der Waals surface area (Å²) >= 11 is 0.844. The highest BCUT2D eigenvalue weighted by Crippen LogP contribution is 2.14. The summed E-state index contributed by atoms with van der Waals surface area (Å²) in [5, 5.41) is -0.0926. The minimum absolute atomic E-state index is 0.0926. The average Bonchev–Trinajstić information content (AvgIpc) is 1.88. The van der Waals surface area contributed by atoms with Crippen LogP contribution in [0.4, 0.5) is 0 Å². The van der Waals surface area contributed by atoms with Crippen molar-refractivity contribution in [3.05, 3.63) is 4.91 Å². The molecular formula is C5H9NO3S. The molecule has 0 aliphatic rings. The smallest absolute Gasteiger partial charge is 0.306 e. The van der Waals surface area contributed by atoms with Crippen molar-refractivity contribution >= 4 is 17.9 Å². The van der Waals surface area contributed by atoms with Gasteiger partial charge < -0.3 is 4.74 Å². The van der Waals surface area contributed by atoms with Gasteiger partial charge in [-0.05, 0) is 0 Å². The minimum atomic E-state index is -0.316. The Hall–Kier alpha value is -0.580. The van der Waals surface area contributed by atoms with Crippen LogP contribution in [-0.4, -0.2) is 18.3 Å². The van der Waals surface area contributed by atoms with Crippen molar-refractivity contribution in [2.75, 3.05) is 7.11 Å². The second-order valence-electron chi connectivity index (χ2n) is 1.77. The quantitative estimate of drug-likeness (QED) is 0.356. The second-order valence-corrected chi connectivity index (χ2v) is 2.94. The monoisotopic (exact) mass is 163 g/mol. The van der Waals surface area contributed by atoms with Gasteiger partial charge in [0.15, 0.2) is 0 Å². The van der Waals surface area contributed by atoms with Gasteiger partial charge in [0.05, 0.1) is 13.5 Å². The van der Waals surface area contributed by atoms with E-state index in [0.717, 1.165) is 11.9 Å². The van der Waals surface area contributed by atoms with E-state index in [2.05, 4.69) is 9.32 Å². The topological polar surface area (TPSA) is 55.7 Å². The van der Waals surface area contributed by atoms with Crippen LogP contribution in [0.3, 0.4) is 0 Å². The van der Waals surface area contributed by atoms with Crippen LogP contribution < -0.4 is 0 Å². The molecule has 0 spiro atoms. The Labute approximate surface area is 63.4 Å². The van der Waals surface area contributed by atoms with Gasteiger partial charge in [0.1, 0.15) is 0 Å². The van der Waals surface area contributed by atoms with Gasteiger partial charge in [0.2, 0.25) is 0 Å². The van der Waals surface area contributed by atoms with E-state index < -0.39 is 0 Å². The number of carbonyl (C=O) groups is 1. The molecule has 0 aromatic heterocycles. The van der Waals surface area contributed by atoms with Gasteiger partial charge in [-0.15, -0.1) is 4.91 Å². The molecule has 0 radical (unpaired) electrons. The number of nitrogens with zero attached hydrogens (tertiary/aromatic N) is 1. The molecule has 0 fully saturated rings. The predicted octanol–water partition coefficient (Wildman–Crippen LogP) is 1.35. The fourth-order valence-corrected chi connectivity index (χ4v) is 0.786. The van der Waals surface area contributed by atoms with Crippen LogP contribution >= 0.6 is 11.9 Å². The lowest BCUT2D eigenvalue weighted by molar-refractivity contribution is -0.140. The summed E-state index contributed by atoms with van der Waals surface area (Å²) in [5.41, 5.74) is 0. The van der Waals surface area contributed by atoms with E-state index in [9.17, 15) is 9.70 Å². The Kier molecular flexibility index (Phi) is 4.92. The van der Waals surface area contributed by atoms with Crippen LogP contribution in [-0.2, 0) is 9.53 Å². The van der Waals surface area contributed by atoms with E-state index in [0.29, 0.717) is 0 Å². The number of methoxy groups -OCH3 is 1.